The predicted molar refractivity (Wildman–Crippen MR) is 108 cm³/mol. The highest BCUT2D eigenvalue weighted by Gasteiger charge is 2.18. The maximum Gasteiger partial charge on any atom is 0.0372 e. The lowest BCUT2D eigenvalue weighted by molar-refractivity contribution is 0.456. The fraction of sp³-hybridized carbons (Fsp3) is 0.333. The lowest BCUT2D eigenvalue weighted by Gasteiger charge is -2.26. The Morgan fingerprint density at radius 2 is 1.76 bits per heavy atom. The summed E-state index contributed by atoms with van der Waals surface area (Å²) >= 11 is 0. The normalized spacial score (nSPS) is 17.7. The minimum atomic E-state index is 0.620. The Balaban J connectivity index is 1.36. The Morgan fingerprint density at radius 1 is 0.960 bits per heavy atom. The van der Waals surface area contributed by atoms with Gasteiger partial charge in [-0.15, -0.1) is 0 Å². The number of hydrogen-bond acceptors (Lipinski definition) is 1. The molecule has 1 nitrogen and oxygen atoms in total. The van der Waals surface area contributed by atoms with Crippen LogP contribution in [0, 0.1) is 5.92 Å². The molecule has 0 aliphatic carbocycles. The van der Waals surface area contributed by atoms with E-state index in [9.17, 15) is 0 Å². The summed E-state index contributed by atoms with van der Waals surface area (Å²) < 4.78 is 0. The van der Waals surface area contributed by atoms with E-state index in [4.69, 9.17) is 0 Å². The van der Waals surface area contributed by atoms with Crippen molar-refractivity contribution in [1.29, 1.82) is 0 Å². The van der Waals surface area contributed by atoms with Gasteiger partial charge in [0.1, 0.15) is 0 Å². The van der Waals surface area contributed by atoms with Gasteiger partial charge in [-0.25, -0.2) is 0 Å². The van der Waals surface area contributed by atoms with Gasteiger partial charge >= 0.3 is 0 Å². The van der Waals surface area contributed by atoms with E-state index in [1.807, 2.05) is 0 Å². The minimum Gasteiger partial charge on any atom is -0.385 e. The van der Waals surface area contributed by atoms with Gasteiger partial charge in [-0.3, -0.25) is 0 Å². The van der Waals surface area contributed by atoms with E-state index in [2.05, 4.69) is 79.0 Å². The van der Waals surface area contributed by atoms with Crippen LogP contribution in [0.2, 0.25) is 0 Å². The zero-order valence-corrected chi connectivity index (χ0v) is 15.0. The van der Waals surface area contributed by atoms with Gasteiger partial charge in [0.15, 0.2) is 0 Å². The maximum atomic E-state index is 3.61. The van der Waals surface area contributed by atoms with Gasteiger partial charge in [-0.2, -0.15) is 0 Å². The largest absolute Gasteiger partial charge is 0.385 e. The molecule has 128 valence electrons. The van der Waals surface area contributed by atoms with E-state index < -0.39 is 0 Å². The third-order valence-electron chi connectivity index (χ3n) is 5.71. The second-order valence-corrected chi connectivity index (χ2v) is 7.51. The first kappa shape index (κ1) is 16.2. The molecule has 0 radical (unpaired) electrons. The zero-order chi connectivity index (χ0) is 17.1. The van der Waals surface area contributed by atoms with E-state index in [-0.39, 0.29) is 0 Å². The van der Waals surface area contributed by atoms with Gasteiger partial charge in [0.2, 0.25) is 0 Å². The van der Waals surface area contributed by atoms with E-state index >= 15 is 0 Å². The van der Waals surface area contributed by atoms with Gasteiger partial charge in [-0.1, -0.05) is 74.0 Å². The first-order chi connectivity index (χ1) is 12.3. The van der Waals surface area contributed by atoms with Crippen molar-refractivity contribution in [2.75, 3.05) is 11.9 Å². The summed E-state index contributed by atoms with van der Waals surface area (Å²) in [7, 11) is 0. The van der Waals surface area contributed by atoms with Gasteiger partial charge in [0.25, 0.3) is 0 Å². The Labute approximate surface area is 151 Å². The highest BCUT2D eigenvalue weighted by Crippen LogP contribution is 2.31. The molecule has 3 aromatic carbocycles. The SMILES string of the molecule is C[C@@H](CCCC1CNc2ccccc2C1)c1cccc2ccccc12. The van der Waals surface area contributed by atoms with Gasteiger partial charge in [0.05, 0.1) is 0 Å². The molecule has 0 saturated heterocycles. The summed E-state index contributed by atoms with van der Waals surface area (Å²) in [4.78, 5) is 0. The summed E-state index contributed by atoms with van der Waals surface area (Å²) in [6.45, 7) is 3.51. The first-order valence-corrected chi connectivity index (χ1v) is 9.60. The molecule has 1 unspecified atom stereocenters. The molecule has 3 aromatic rings. The average Bonchev–Trinajstić information content (AvgIpc) is 2.67. The van der Waals surface area contributed by atoms with E-state index in [1.165, 1.54) is 53.3 Å². The topological polar surface area (TPSA) is 12.0 Å². The number of benzene rings is 3. The Bertz CT molecular complexity index is 846. The molecule has 1 N–H and O–H groups in total. The van der Waals surface area contributed by atoms with Crippen molar-refractivity contribution >= 4 is 16.5 Å². The molecule has 1 heteroatoms. The Hall–Kier alpha value is -2.28. The minimum absolute atomic E-state index is 0.620. The Kier molecular flexibility index (Phi) is 4.74. The number of anilines is 1. The fourth-order valence-electron chi connectivity index (χ4n) is 4.26. The average molecular weight is 329 g/mol. The van der Waals surface area contributed by atoms with Crippen LogP contribution in [-0.2, 0) is 6.42 Å². The van der Waals surface area contributed by atoms with Crippen molar-refractivity contribution in [3.8, 4) is 0 Å². The highest BCUT2D eigenvalue weighted by molar-refractivity contribution is 5.86. The standard InChI is InChI=1S/C24H27N/c1-18(22-14-7-12-20-10-2-4-13-23(20)22)8-6-9-19-16-21-11-3-5-15-24(21)25-17-19/h2-5,7,10-15,18-19,25H,6,8-9,16-17H2,1H3/t18-,19?/m0/s1. The second kappa shape index (κ2) is 7.31. The van der Waals surface area contributed by atoms with Crippen LogP contribution in [0.3, 0.4) is 0 Å². The summed E-state index contributed by atoms with van der Waals surface area (Å²) in [6.07, 6.45) is 5.12. The molecular weight excluding hydrogens is 302 g/mol. The van der Waals surface area contributed by atoms with Crippen LogP contribution < -0.4 is 5.32 Å². The molecular formula is C24H27N. The predicted octanol–water partition coefficient (Wildman–Crippen LogP) is 6.40. The van der Waals surface area contributed by atoms with E-state index in [0.717, 1.165) is 12.5 Å². The molecule has 25 heavy (non-hydrogen) atoms. The Morgan fingerprint density at radius 3 is 2.72 bits per heavy atom. The highest BCUT2D eigenvalue weighted by atomic mass is 14.9. The number of rotatable bonds is 5. The quantitative estimate of drug-likeness (QED) is 0.571. The molecule has 0 fully saturated rings. The number of hydrogen-bond donors (Lipinski definition) is 1. The summed E-state index contributed by atoms with van der Waals surface area (Å²) in [5.41, 5.74) is 4.33. The molecule has 0 amide bonds. The number of para-hydroxylation sites is 1. The van der Waals surface area contributed by atoms with Crippen molar-refractivity contribution in [3.05, 3.63) is 77.9 Å². The third-order valence-corrected chi connectivity index (χ3v) is 5.71. The zero-order valence-electron chi connectivity index (χ0n) is 15.0. The van der Waals surface area contributed by atoms with Crippen LogP contribution in [0.5, 0.6) is 0 Å². The second-order valence-electron chi connectivity index (χ2n) is 7.51. The first-order valence-electron chi connectivity index (χ1n) is 9.60. The van der Waals surface area contributed by atoms with Gasteiger partial charge < -0.3 is 5.32 Å². The van der Waals surface area contributed by atoms with Gasteiger partial charge in [0, 0.05) is 12.2 Å². The molecule has 1 aliphatic heterocycles. The van der Waals surface area contributed by atoms with Crippen molar-refractivity contribution in [2.45, 2.75) is 38.5 Å². The van der Waals surface area contributed by atoms with Crippen LogP contribution in [0.25, 0.3) is 10.8 Å². The molecule has 0 aromatic heterocycles. The van der Waals surface area contributed by atoms with Crippen LogP contribution in [0.4, 0.5) is 5.69 Å². The van der Waals surface area contributed by atoms with Crippen molar-refractivity contribution in [3.63, 3.8) is 0 Å². The van der Waals surface area contributed by atoms with Crippen LogP contribution in [-0.4, -0.2) is 6.54 Å². The van der Waals surface area contributed by atoms with Crippen molar-refractivity contribution in [1.82, 2.24) is 0 Å². The lowest BCUT2D eigenvalue weighted by atomic mass is 9.86. The third kappa shape index (κ3) is 3.56. The van der Waals surface area contributed by atoms with Crippen LogP contribution in [0.15, 0.2) is 66.7 Å². The van der Waals surface area contributed by atoms with Gasteiger partial charge in [-0.05, 0) is 59.1 Å². The summed E-state index contributed by atoms with van der Waals surface area (Å²) in [5, 5.41) is 6.39. The molecule has 2 atom stereocenters. The van der Waals surface area contributed by atoms with Crippen molar-refractivity contribution < 1.29 is 0 Å². The fourth-order valence-corrected chi connectivity index (χ4v) is 4.26. The molecule has 1 heterocycles. The summed E-state index contributed by atoms with van der Waals surface area (Å²) in [6, 6.07) is 24.3. The molecule has 0 bridgehead atoms. The van der Waals surface area contributed by atoms with Crippen LogP contribution >= 0.6 is 0 Å². The maximum absolute atomic E-state index is 3.61. The van der Waals surface area contributed by atoms with Crippen LogP contribution in [0.1, 0.15) is 43.2 Å². The molecule has 0 saturated carbocycles. The van der Waals surface area contributed by atoms with Crippen molar-refractivity contribution in [2.24, 2.45) is 5.92 Å². The smallest absolute Gasteiger partial charge is 0.0372 e. The lowest BCUT2D eigenvalue weighted by Crippen LogP contribution is -2.23. The molecule has 0 spiro atoms. The van der Waals surface area contributed by atoms with E-state index in [1.54, 1.807) is 0 Å². The number of fused-ring (bicyclic) bond motifs is 2. The molecule has 1 aliphatic rings. The summed E-state index contributed by atoms with van der Waals surface area (Å²) in [5.74, 6) is 1.39. The monoisotopic (exact) mass is 329 g/mol. The molecule has 4 rings (SSSR count). The number of nitrogens with one attached hydrogen (secondary N) is 1. The van der Waals surface area contributed by atoms with E-state index in [0.29, 0.717) is 5.92 Å².